The predicted molar refractivity (Wildman–Crippen MR) is 550 cm³/mol. The van der Waals surface area contributed by atoms with Crippen LogP contribution in [-0.4, -0.2) is 280 Å². The first-order chi connectivity index (χ1) is 67.9. The van der Waals surface area contributed by atoms with Gasteiger partial charge in [-0.05, 0) is 311 Å². The molecule has 2 atom stereocenters. The van der Waals surface area contributed by atoms with Gasteiger partial charge in [-0.2, -0.15) is 28.3 Å². The van der Waals surface area contributed by atoms with E-state index in [1.807, 2.05) is 147 Å². The number of rotatable bonds is 18. The number of hydrogen-bond acceptors (Lipinski definition) is 22. The van der Waals surface area contributed by atoms with Crippen molar-refractivity contribution in [3.8, 4) is 12.1 Å². The van der Waals surface area contributed by atoms with Gasteiger partial charge >= 0.3 is 97.2 Å². The minimum atomic E-state index is -1.03. The van der Waals surface area contributed by atoms with Crippen molar-refractivity contribution in [1.82, 2.24) is 44.0 Å². The maximum absolute atomic E-state index is 13.1. The standard InChI is InChI=1S/C32H42N8O.C20H32N2O4.C18H28N2O4.C17H28N2O2.C15H22N2O4.C5H9.C2H3N.BrH.2Cu.Mg.O/c1-33-23-32(25-7-4-5-8-25)16-21-39(22-17-32)28-9-6-18-40-29(28)35-31(36-40)34-26-12-10-24(11-13-26)30(41)38(3)27-14-19-37(2)20-15-27;1-6-25-17(23)16(21-5)20(15-9-7-8-10-15)11-13-22(14-12-20)18(24)26-19(2,3)4;1-17(2,3)24-16(23)20-11-9-18(10-12-20,13-7-5-6-8-13)14(19-4)15(21)22;1-16(2,3)21-15(20)19-11-9-17(10-12-19,13-18-4)14-7-5-6-8-14;1-5-20-13(18)12(10-16)11-6-8-17(9-7-11)14(19)21-15(2,3)4;1-2-4-5-3-1;1-2-3;;;;;/h6,9-13,18,25,27H,4-5,7-8,14-17,19-23H2,2-3H3,(H,34,36);15-16H,6-14H2,1-4H3;13-14H,5-12H2,1-3H3,(H,21,22);14H,5-13H2,1-3H3;5-9H2,1-4H3;1H,2-5H2;1H3;1H;;;;/q;;;;;-1;;;;;+2;/p-1. The molecule has 146 heavy (non-hydrogen) atoms. The summed E-state index contributed by atoms with van der Waals surface area (Å²) >= 11 is 2.94. The third-order valence-corrected chi connectivity index (χ3v) is 30.2. The summed E-state index contributed by atoms with van der Waals surface area (Å²) in [5.74, 6) is 0.604. The second-order valence-electron chi connectivity index (χ2n) is 44.1. The molecule has 0 bridgehead atoms. The molecule has 1 aromatic carbocycles. The molecule has 3 aromatic rings. The number of piperidine rings is 6. The molecular formula is C109H164BrCu2MgN17O16. The van der Waals surface area contributed by atoms with Gasteiger partial charge in [0.2, 0.25) is 19.0 Å². The number of carboxylic acids is 1. The molecule has 2 unspecified atom stereocenters. The molecule has 37 heteroatoms. The van der Waals surface area contributed by atoms with E-state index in [1.165, 1.54) is 84.0 Å². The maximum atomic E-state index is 13.1. The summed E-state index contributed by atoms with van der Waals surface area (Å²) in [5.41, 5.74) is 1.67. The summed E-state index contributed by atoms with van der Waals surface area (Å²) in [6, 6.07) is 13.9. The van der Waals surface area contributed by atoms with Crippen LogP contribution in [0.25, 0.3) is 25.0 Å². The Hall–Kier alpha value is -8.87. The van der Waals surface area contributed by atoms with Crippen molar-refractivity contribution < 1.29 is 126 Å². The van der Waals surface area contributed by atoms with Crippen LogP contribution in [0, 0.1) is 101 Å². The predicted octanol–water partition coefficient (Wildman–Crippen LogP) is 18.3. The number of carbonyl (C=O) groups excluding carboxylic acids is 7. The first-order valence-corrected chi connectivity index (χ1v) is 52.5. The molecule has 0 spiro atoms. The van der Waals surface area contributed by atoms with Gasteiger partial charge in [-0.1, -0.05) is 64.2 Å². The summed E-state index contributed by atoms with van der Waals surface area (Å²) in [7, 11) is 4.06. The molecule has 2 N–H and O–H groups in total. The Bertz CT molecular complexity index is 4870. The zero-order valence-electron chi connectivity index (χ0n) is 90.0. The number of carbonyl (C=O) groups is 8. The Balaban J connectivity index is 0.000000378. The molecule has 8 heterocycles. The number of fused-ring (bicyclic) bond motifs is 1. The van der Waals surface area contributed by atoms with Crippen molar-refractivity contribution in [2.75, 3.05) is 129 Å². The van der Waals surface area contributed by atoms with Crippen molar-refractivity contribution >= 4 is 94.2 Å². The second-order valence-corrected chi connectivity index (χ2v) is 44.1. The summed E-state index contributed by atoms with van der Waals surface area (Å²) in [6.07, 6.45) is 37.1. The number of hydrogen-bond donors (Lipinski definition) is 2. The molecule has 33 nitrogen and oxygen atoms in total. The number of nitriles is 2. The topological polar surface area (TPSA) is 359 Å². The van der Waals surface area contributed by atoms with E-state index in [2.05, 4.69) is 75.1 Å². The van der Waals surface area contributed by atoms with Crippen LogP contribution in [0.4, 0.5) is 36.5 Å². The van der Waals surface area contributed by atoms with Crippen LogP contribution in [-0.2, 0) is 79.7 Å². The van der Waals surface area contributed by atoms with Gasteiger partial charge in [-0.15, -0.1) is 5.10 Å². The molecule has 11 aliphatic rings. The monoisotopic (exact) mass is 2200 g/mol. The van der Waals surface area contributed by atoms with E-state index in [0.29, 0.717) is 126 Å². The van der Waals surface area contributed by atoms with Gasteiger partial charge in [-0.25, -0.2) is 64.4 Å². The molecule has 812 valence electrons. The van der Waals surface area contributed by atoms with Crippen molar-refractivity contribution in [1.29, 1.82) is 10.5 Å². The van der Waals surface area contributed by atoms with E-state index >= 15 is 0 Å². The third-order valence-electron chi connectivity index (χ3n) is 30.2. The van der Waals surface area contributed by atoms with Crippen LogP contribution >= 0.6 is 0 Å². The number of carboxylic acid groups (broad SMARTS) is 1. The van der Waals surface area contributed by atoms with Gasteiger partial charge < -0.3 is 116 Å². The number of amides is 5. The first-order valence-electron chi connectivity index (χ1n) is 52.1. The molecule has 6 saturated heterocycles. The summed E-state index contributed by atoms with van der Waals surface area (Å²) in [5, 5.41) is 34.0. The Morgan fingerprint density at radius 3 is 1.27 bits per heavy atom. The third kappa shape index (κ3) is 38.2. The van der Waals surface area contributed by atoms with Gasteiger partial charge in [0.15, 0.2) is 5.65 Å². The van der Waals surface area contributed by atoms with Crippen molar-refractivity contribution in [2.45, 2.75) is 350 Å². The SMILES string of the molecule is CC#N.CCOC(=O)C(C#N)=C1CCN(C(=O)OC(C)(C)C)CC1.[Br-].[C-]#[N+]C(C(=O)O)C1(C2CCCC2)CCN(C(=O)OC(C)(C)C)CC1.[C-]#[N+]C(C(=O)OCC)C1(C2CCCC2)CCN(C(=O)OC(C)(C)C)CC1.[C-]#[N+]CC1(C2CCCC2)CCN(C(=O)OC(C)(C)C)CC1.[C-]#[N+]CC1(C2CCCC2)CCN(c2cccn3nc(Nc4ccc(C(=O)N(C)C5CCN(C)CC5)cc4)nc23)CC1.[CH-]1CCCC1.[Cu].[Mg+2].[O]=[Cu]. The Morgan fingerprint density at radius 1 is 0.548 bits per heavy atom. The Labute approximate surface area is 915 Å². The van der Waals surface area contributed by atoms with Crippen LogP contribution in [0.5, 0.6) is 0 Å². The fourth-order valence-electron chi connectivity index (χ4n) is 22.7. The average Bonchev–Trinajstić information content (AvgIpc) is 1.38. The Kier molecular flexibility index (Phi) is 55.0. The fraction of sp³-hybridized carbons (Fsp3) is 0.734. The zero-order valence-corrected chi connectivity index (χ0v) is 94.9. The molecule has 5 saturated carbocycles. The van der Waals surface area contributed by atoms with Gasteiger partial charge in [-0.3, -0.25) is 4.79 Å². The van der Waals surface area contributed by atoms with E-state index in [0.717, 1.165) is 152 Å². The van der Waals surface area contributed by atoms with E-state index in [1.54, 1.807) is 34.6 Å². The minimum absolute atomic E-state index is 0. The summed E-state index contributed by atoms with van der Waals surface area (Å²) in [6.45, 7) is 67.2. The van der Waals surface area contributed by atoms with E-state index in [9.17, 15) is 43.5 Å². The molecule has 6 aliphatic heterocycles. The normalized spacial score (nSPS) is 19.7. The number of pyridine rings is 1. The number of halogens is 1. The number of esters is 2. The van der Waals surface area contributed by atoms with Crippen LogP contribution in [0.15, 0.2) is 53.7 Å². The van der Waals surface area contributed by atoms with Crippen molar-refractivity contribution in [3.63, 3.8) is 0 Å². The molecule has 1 radical (unpaired) electrons. The van der Waals surface area contributed by atoms with Crippen LogP contribution < -0.4 is 27.2 Å². The Morgan fingerprint density at radius 2 is 0.918 bits per heavy atom. The zero-order chi connectivity index (χ0) is 106. The number of aliphatic carboxylic acids is 1. The quantitative estimate of drug-likeness (QED) is 0.0298. The van der Waals surface area contributed by atoms with Crippen LogP contribution in [0.1, 0.15) is 320 Å². The molecular weight excluding hydrogens is 2030 g/mol. The number of benzene rings is 1. The van der Waals surface area contributed by atoms with Crippen LogP contribution in [0.2, 0.25) is 0 Å². The number of nitrogens with one attached hydrogen (secondary N) is 1. The van der Waals surface area contributed by atoms with E-state index < -0.39 is 57.8 Å². The number of nitrogens with zero attached hydrogens (tertiary/aromatic N) is 16. The number of likely N-dealkylation sites (tertiary alicyclic amines) is 5. The molecule has 5 aliphatic carbocycles. The van der Waals surface area contributed by atoms with Crippen molar-refractivity contribution in [2.24, 2.45) is 45.3 Å². The fourth-order valence-corrected chi connectivity index (χ4v) is 22.7. The van der Waals surface area contributed by atoms with Crippen molar-refractivity contribution in [3.05, 3.63) is 111 Å². The molecule has 5 amide bonds. The number of aromatic nitrogens is 3. The van der Waals surface area contributed by atoms with Gasteiger partial charge in [0.25, 0.3) is 5.91 Å². The van der Waals surface area contributed by atoms with E-state index in [-0.39, 0.29) is 128 Å². The van der Waals surface area contributed by atoms with E-state index in [4.69, 9.17) is 74.1 Å². The average molecular weight is 2200 g/mol. The van der Waals surface area contributed by atoms with Crippen LogP contribution in [0.3, 0.4) is 0 Å². The molecule has 2 aromatic heterocycles. The molecule has 11 fully saturated rings. The summed E-state index contributed by atoms with van der Waals surface area (Å²) in [4.78, 5) is 131. The second kappa shape index (κ2) is 62.1. The number of ether oxygens (including phenoxy) is 6. The van der Waals surface area contributed by atoms with Gasteiger partial charge in [0, 0.05) is 131 Å². The number of anilines is 3. The molecule has 14 rings (SSSR count). The summed E-state index contributed by atoms with van der Waals surface area (Å²) < 4.78 is 41.4. The van der Waals surface area contributed by atoms with Gasteiger partial charge in [0.05, 0.1) is 35.8 Å². The first kappa shape index (κ1) is 129. The van der Waals surface area contributed by atoms with Gasteiger partial charge in [0.1, 0.15) is 34.0 Å².